The second kappa shape index (κ2) is 3.49. The van der Waals surface area contributed by atoms with Crippen LogP contribution in [-0.4, -0.2) is 18.3 Å². The fourth-order valence-corrected chi connectivity index (χ4v) is 2.91. The minimum absolute atomic E-state index is 0.0116. The molecule has 0 spiro atoms. The van der Waals surface area contributed by atoms with E-state index in [0.29, 0.717) is 11.2 Å². The van der Waals surface area contributed by atoms with E-state index in [4.69, 9.17) is 9.31 Å². The van der Waals surface area contributed by atoms with E-state index in [9.17, 15) is 0 Å². The SMILES string of the molecule is CC1(C)CCCC1B1OC(C)(C)C(C)(C)O1. The summed E-state index contributed by atoms with van der Waals surface area (Å²) in [6.45, 7) is 13.2. The average molecular weight is 224 g/mol. The summed E-state index contributed by atoms with van der Waals surface area (Å²) in [6, 6.07) is 0. The van der Waals surface area contributed by atoms with Crippen LogP contribution in [0.15, 0.2) is 0 Å². The largest absolute Gasteiger partial charge is 0.461 e. The van der Waals surface area contributed by atoms with E-state index in [2.05, 4.69) is 41.5 Å². The van der Waals surface area contributed by atoms with Gasteiger partial charge in [0.25, 0.3) is 0 Å². The zero-order valence-electron chi connectivity index (χ0n) is 11.6. The van der Waals surface area contributed by atoms with Gasteiger partial charge >= 0.3 is 7.12 Å². The van der Waals surface area contributed by atoms with Crippen molar-refractivity contribution in [2.24, 2.45) is 5.41 Å². The molecule has 1 saturated carbocycles. The van der Waals surface area contributed by atoms with Gasteiger partial charge in [0, 0.05) is 0 Å². The van der Waals surface area contributed by atoms with Gasteiger partial charge in [0.15, 0.2) is 0 Å². The van der Waals surface area contributed by atoms with Crippen molar-refractivity contribution < 1.29 is 9.31 Å². The Kier molecular flexibility index (Phi) is 2.71. The van der Waals surface area contributed by atoms with Crippen molar-refractivity contribution in [3.63, 3.8) is 0 Å². The highest BCUT2D eigenvalue weighted by molar-refractivity contribution is 6.47. The highest BCUT2D eigenvalue weighted by atomic mass is 16.7. The molecule has 16 heavy (non-hydrogen) atoms. The molecule has 2 aliphatic rings. The Balaban J connectivity index is 2.15. The molecule has 2 nitrogen and oxygen atoms in total. The van der Waals surface area contributed by atoms with Gasteiger partial charge in [-0.05, 0) is 45.3 Å². The quantitative estimate of drug-likeness (QED) is 0.633. The zero-order valence-corrected chi connectivity index (χ0v) is 11.6. The third-order valence-electron chi connectivity index (χ3n) is 4.94. The Morgan fingerprint density at radius 3 is 1.81 bits per heavy atom. The molecule has 92 valence electrons. The lowest BCUT2D eigenvalue weighted by molar-refractivity contribution is 0.00578. The molecule has 0 radical (unpaired) electrons. The van der Waals surface area contributed by atoms with Gasteiger partial charge < -0.3 is 9.31 Å². The molecule has 0 N–H and O–H groups in total. The van der Waals surface area contributed by atoms with E-state index in [1.807, 2.05) is 0 Å². The predicted octanol–water partition coefficient (Wildman–Crippen LogP) is 3.66. The third kappa shape index (κ3) is 1.82. The highest BCUT2D eigenvalue weighted by Gasteiger charge is 2.57. The molecule has 0 amide bonds. The summed E-state index contributed by atoms with van der Waals surface area (Å²) in [7, 11) is -0.0116. The smallest absolute Gasteiger partial charge is 0.403 e. The van der Waals surface area contributed by atoms with Crippen molar-refractivity contribution in [1.82, 2.24) is 0 Å². The van der Waals surface area contributed by atoms with Crippen molar-refractivity contribution in [2.45, 2.75) is 77.8 Å². The van der Waals surface area contributed by atoms with Gasteiger partial charge in [0.2, 0.25) is 0 Å². The molecule has 1 saturated heterocycles. The molecule has 0 bridgehead atoms. The van der Waals surface area contributed by atoms with Crippen molar-refractivity contribution in [1.29, 1.82) is 0 Å². The molecule has 2 fully saturated rings. The van der Waals surface area contributed by atoms with Gasteiger partial charge in [0.1, 0.15) is 0 Å². The Morgan fingerprint density at radius 2 is 1.44 bits per heavy atom. The average Bonchev–Trinajstić information content (AvgIpc) is 2.50. The fraction of sp³-hybridized carbons (Fsp3) is 1.00. The molecule has 0 aromatic heterocycles. The number of hydrogen-bond acceptors (Lipinski definition) is 2. The topological polar surface area (TPSA) is 18.5 Å². The van der Waals surface area contributed by atoms with Gasteiger partial charge in [-0.15, -0.1) is 0 Å². The summed E-state index contributed by atoms with van der Waals surface area (Å²) in [6.07, 6.45) is 3.84. The van der Waals surface area contributed by atoms with E-state index >= 15 is 0 Å². The van der Waals surface area contributed by atoms with Crippen LogP contribution in [0.2, 0.25) is 5.82 Å². The minimum Gasteiger partial charge on any atom is -0.403 e. The first-order valence-corrected chi connectivity index (χ1v) is 6.51. The summed E-state index contributed by atoms with van der Waals surface area (Å²) in [5.74, 6) is 0.550. The van der Waals surface area contributed by atoms with E-state index in [1.165, 1.54) is 19.3 Å². The molecule has 3 heteroatoms. The summed E-state index contributed by atoms with van der Waals surface area (Å²) in [5.41, 5.74) is -0.00611. The van der Waals surface area contributed by atoms with Gasteiger partial charge in [0.05, 0.1) is 11.2 Å². The van der Waals surface area contributed by atoms with Crippen LogP contribution in [0.1, 0.15) is 60.8 Å². The molecular weight excluding hydrogens is 199 g/mol. The second-order valence-corrected chi connectivity index (χ2v) is 7.11. The lowest BCUT2D eigenvalue weighted by atomic mass is 9.60. The first-order chi connectivity index (χ1) is 7.16. The van der Waals surface area contributed by atoms with Gasteiger partial charge in [-0.25, -0.2) is 0 Å². The van der Waals surface area contributed by atoms with Gasteiger partial charge in [-0.1, -0.05) is 26.7 Å². The van der Waals surface area contributed by atoms with Crippen molar-refractivity contribution in [3.05, 3.63) is 0 Å². The normalized spacial score (nSPS) is 35.6. The standard InChI is InChI=1S/C13H25BO2/c1-11(2)9-7-8-10(11)14-15-12(3,4)13(5,6)16-14/h10H,7-9H2,1-6H3. The first-order valence-electron chi connectivity index (χ1n) is 6.51. The van der Waals surface area contributed by atoms with Crippen LogP contribution in [-0.2, 0) is 9.31 Å². The lowest BCUT2D eigenvalue weighted by Crippen LogP contribution is -2.41. The lowest BCUT2D eigenvalue weighted by Gasteiger charge is -2.32. The molecule has 0 aromatic rings. The van der Waals surface area contributed by atoms with Crippen LogP contribution in [0.4, 0.5) is 0 Å². The van der Waals surface area contributed by atoms with Crippen LogP contribution in [0.3, 0.4) is 0 Å². The van der Waals surface area contributed by atoms with E-state index in [0.717, 1.165) is 0 Å². The maximum Gasteiger partial charge on any atom is 0.461 e. The summed E-state index contributed by atoms with van der Waals surface area (Å²) in [5, 5.41) is 0. The van der Waals surface area contributed by atoms with E-state index in [-0.39, 0.29) is 18.3 Å². The molecule has 1 unspecified atom stereocenters. The Labute approximate surface area is 100 Å². The number of rotatable bonds is 1. The van der Waals surface area contributed by atoms with E-state index in [1.54, 1.807) is 0 Å². The predicted molar refractivity (Wildman–Crippen MR) is 67.5 cm³/mol. The third-order valence-corrected chi connectivity index (χ3v) is 4.94. The molecule has 1 aliphatic carbocycles. The Bertz CT molecular complexity index is 268. The summed E-state index contributed by atoms with van der Waals surface area (Å²) in [4.78, 5) is 0. The monoisotopic (exact) mass is 224 g/mol. The minimum atomic E-state index is -0.184. The van der Waals surface area contributed by atoms with Crippen molar-refractivity contribution >= 4 is 7.12 Å². The maximum absolute atomic E-state index is 6.16. The Hall–Kier alpha value is -0.0151. The molecule has 2 rings (SSSR count). The zero-order chi connectivity index (χ0) is 12.2. The summed E-state index contributed by atoms with van der Waals surface area (Å²) >= 11 is 0. The van der Waals surface area contributed by atoms with Crippen molar-refractivity contribution in [3.8, 4) is 0 Å². The van der Waals surface area contributed by atoms with Crippen LogP contribution in [0.25, 0.3) is 0 Å². The highest BCUT2D eigenvalue weighted by Crippen LogP contribution is 2.52. The Morgan fingerprint density at radius 1 is 0.938 bits per heavy atom. The van der Waals surface area contributed by atoms with Gasteiger partial charge in [-0.3, -0.25) is 0 Å². The second-order valence-electron chi connectivity index (χ2n) is 7.11. The molecule has 1 aliphatic heterocycles. The van der Waals surface area contributed by atoms with Crippen LogP contribution >= 0.6 is 0 Å². The fourth-order valence-electron chi connectivity index (χ4n) is 2.91. The van der Waals surface area contributed by atoms with Gasteiger partial charge in [-0.2, -0.15) is 0 Å². The summed E-state index contributed by atoms with van der Waals surface area (Å²) < 4.78 is 12.3. The molecule has 1 heterocycles. The maximum atomic E-state index is 6.16. The van der Waals surface area contributed by atoms with Crippen LogP contribution in [0.5, 0.6) is 0 Å². The van der Waals surface area contributed by atoms with Crippen LogP contribution in [0, 0.1) is 5.41 Å². The van der Waals surface area contributed by atoms with Crippen molar-refractivity contribution in [2.75, 3.05) is 0 Å². The van der Waals surface area contributed by atoms with Crippen LogP contribution < -0.4 is 0 Å². The first kappa shape index (κ1) is 12.4. The molecule has 0 aromatic carbocycles. The molecule has 1 atom stereocenters. The van der Waals surface area contributed by atoms with E-state index < -0.39 is 0 Å². The molecular formula is C13H25BO2. The number of hydrogen-bond donors (Lipinski definition) is 0.